The zero-order chi connectivity index (χ0) is 15.9. The molecule has 2 aromatic rings. The minimum atomic E-state index is 0.100. The molecule has 0 atom stereocenters. The molecule has 0 fully saturated rings. The Morgan fingerprint density at radius 3 is 2.41 bits per heavy atom. The Balaban J connectivity index is 2.05. The predicted octanol–water partition coefficient (Wildman–Crippen LogP) is 2.35. The van der Waals surface area contributed by atoms with E-state index in [0.717, 1.165) is 22.6 Å². The lowest BCUT2D eigenvalue weighted by atomic mass is 10.1. The molecule has 5 N–H and O–H groups in total. The Bertz CT molecular complexity index is 596. The first-order valence-corrected chi connectivity index (χ1v) is 7.34. The highest BCUT2D eigenvalue weighted by atomic mass is 16.3. The minimum absolute atomic E-state index is 0.100. The number of rotatable bonds is 7. The highest BCUT2D eigenvalue weighted by Gasteiger charge is 2.03. The van der Waals surface area contributed by atoms with Gasteiger partial charge in [0, 0.05) is 49.9 Å². The third kappa shape index (κ3) is 4.30. The zero-order valence-electron chi connectivity index (χ0n) is 13.1. The van der Waals surface area contributed by atoms with Crippen LogP contribution in [-0.4, -0.2) is 32.4 Å². The lowest BCUT2D eigenvalue weighted by Gasteiger charge is -2.15. The van der Waals surface area contributed by atoms with E-state index in [2.05, 4.69) is 39.8 Å². The van der Waals surface area contributed by atoms with Gasteiger partial charge in [-0.2, -0.15) is 0 Å². The standard InChI is InChI=1S/C17H24N4O/c1-21(2)16-6-4-15(5-7-16)20-12-13-11-14(18)3-8-17(13)19-9-10-22/h3-8,11,19-20,22H,9-10,12,18H2,1-2H3. The van der Waals surface area contributed by atoms with Crippen LogP contribution in [0.5, 0.6) is 0 Å². The van der Waals surface area contributed by atoms with Crippen molar-refractivity contribution in [2.75, 3.05) is 48.5 Å². The van der Waals surface area contributed by atoms with Gasteiger partial charge in [-0.3, -0.25) is 0 Å². The molecule has 0 radical (unpaired) electrons. The third-order valence-corrected chi connectivity index (χ3v) is 3.42. The summed E-state index contributed by atoms with van der Waals surface area (Å²) in [6.45, 7) is 1.29. The SMILES string of the molecule is CN(C)c1ccc(NCc2cc(N)ccc2NCCO)cc1. The van der Waals surface area contributed by atoms with Crippen LogP contribution in [0.1, 0.15) is 5.56 Å². The van der Waals surface area contributed by atoms with Gasteiger partial charge in [0.05, 0.1) is 6.61 Å². The average Bonchev–Trinajstić information content (AvgIpc) is 2.52. The molecule has 22 heavy (non-hydrogen) atoms. The molecule has 5 nitrogen and oxygen atoms in total. The number of hydrogen-bond acceptors (Lipinski definition) is 5. The lowest BCUT2D eigenvalue weighted by Crippen LogP contribution is -2.10. The minimum Gasteiger partial charge on any atom is -0.399 e. The number of nitrogens with one attached hydrogen (secondary N) is 2. The van der Waals surface area contributed by atoms with Gasteiger partial charge in [-0.25, -0.2) is 0 Å². The van der Waals surface area contributed by atoms with Crippen LogP contribution in [0.2, 0.25) is 0 Å². The van der Waals surface area contributed by atoms with Gasteiger partial charge in [-0.1, -0.05) is 0 Å². The molecule has 0 saturated heterocycles. The molecule has 2 rings (SSSR count). The zero-order valence-corrected chi connectivity index (χ0v) is 13.1. The first-order valence-electron chi connectivity index (χ1n) is 7.34. The monoisotopic (exact) mass is 300 g/mol. The quantitative estimate of drug-likeness (QED) is 0.591. The second-order valence-electron chi connectivity index (χ2n) is 5.36. The largest absolute Gasteiger partial charge is 0.399 e. The molecule has 118 valence electrons. The van der Waals surface area contributed by atoms with E-state index in [1.54, 1.807) is 0 Å². The van der Waals surface area contributed by atoms with E-state index in [1.807, 2.05) is 32.3 Å². The second-order valence-corrected chi connectivity index (χ2v) is 5.36. The summed E-state index contributed by atoms with van der Waals surface area (Å²) >= 11 is 0. The molecule has 0 aliphatic rings. The van der Waals surface area contributed by atoms with Crippen molar-refractivity contribution in [3.63, 3.8) is 0 Å². The van der Waals surface area contributed by atoms with Crippen LogP contribution in [0, 0.1) is 0 Å². The summed E-state index contributed by atoms with van der Waals surface area (Å²) < 4.78 is 0. The summed E-state index contributed by atoms with van der Waals surface area (Å²) in [6.07, 6.45) is 0. The summed E-state index contributed by atoms with van der Waals surface area (Å²) in [5.41, 5.74) is 10.9. The fraction of sp³-hybridized carbons (Fsp3) is 0.294. The van der Waals surface area contributed by atoms with Crippen molar-refractivity contribution in [1.82, 2.24) is 0 Å². The van der Waals surface area contributed by atoms with E-state index >= 15 is 0 Å². The average molecular weight is 300 g/mol. The maximum atomic E-state index is 8.94. The first kappa shape index (κ1) is 16.0. The molecule has 0 spiro atoms. The van der Waals surface area contributed by atoms with Crippen LogP contribution >= 0.6 is 0 Å². The Labute approximate surface area is 131 Å². The summed E-state index contributed by atoms with van der Waals surface area (Å²) in [5.74, 6) is 0. The summed E-state index contributed by atoms with van der Waals surface area (Å²) in [5, 5.41) is 15.5. The maximum Gasteiger partial charge on any atom is 0.0604 e. The van der Waals surface area contributed by atoms with Gasteiger partial charge in [0.1, 0.15) is 0 Å². The molecule has 0 heterocycles. The van der Waals surface area contributed by atoms with E-state index in [9.17, 15) is 0 Å². The van der Waals surface area contributed by atoms with Crippen molar-refractivity contribution < 1.29 is 5.11 Å². The number of aliphatic hydroxyl groups is 1. The van der Waals surface area contributed by atoms with Crippen molar-refractivity contribution in [3.05, 3.63) is 48.0 Å². The highest BCUT2D eigenvalue weighted by Crippen LogP contribution is 2.21. The van der Waals surface area contributed by atoms with E-state index in [0.29, 0.717) is 13.1 Å². The third-order valence-electron chi connectivity index (χ3n) is 3.42. The number of benzene rings is 2. The van der Waals surface area contributed by atoms with Gasteiger partial charge in [0.2, 0.25) is 0 Å². The summed E-state index contributed by atoms with van der Waals surface area (Å²) in [7, 11) is 4.04. The first-order chi connectivity index (χ1) is 10.6. The van der Waals surface area contributed by atoms with E-state index in [4.69, 9.17) is 10.8 Å². The van der Waals surface area contributed by atoms with Crippen molar-refractivity contribution >= 4 is 22.7 Å². The Kier molecular flexibility index (Phi) is 5.49. The van der Waals surface area contributed by atoms with E-state index in [1.165, 1.54) is 5.69 Å². The Morgan fingerprint density at radius 1 is 1.05 bits per heavy atom. The lowest BCUT2D eigenvalue weighted by molar-refractivity contribution is 0.311. The number of hydrogen-bond donors (Lipinski definition) is 4. The van der Waals surface area contributed by atoms with Crippen molar-refractivity contribution in [2.24, 2.45) is 0 Å². The molecule has 0 aliphatic heterocycles. The summed E-state index contributed by atoms with van der Waals surface area (Å²) in [6, 6.07) is 14.0. The van der Waals surface area contributed by atoms with Crippen LogP contribution in [0.15, 0.2) is 42.5 Å². The number of nitrogen functional groups attached to an aromatic ring is 1. The smallest absolute Gasteiger partial charge is 0.0604 e. The van der Waals surface area contributed by atoms with E-state index in [-0.39, 0.29) is 6.61 Å². The Morgan fingerprint density at radius 2 is 1.77 bits per heavy atom. The van der Waals surface area contributed by atoms with Gasteiger partial charge in [-0.05, 0) is 48.0 Å². The number of anilines is 4. The van der Waals surface area contributed by atoms with Gasteiger partial charge < -0.3 is 26.4 Å². The van der Waals surface area contributed by atoms with Gasteiger partial charge in [0.15, 0.2) is 0 Å². The van der Waals surface area contributed by atoms with Crippen molar-refractivity contribution in [2.45, 2.75) is 6.54 Å². The number of nitrogens with two attached hydrogens (primary N) is 1. The molecule has 0 aliphatic carbocycles. The topological polar surface area (TPSA) is 73.5 Å². The molecule has 0 bridgehead atoms. The second kappa shape index (κ2) is 7.56. The van der Waals surface area contributed by atoms with Crippen LogP contribution in [0.3, 0.4) is 0 Å². The molecule has 0 unspecified atom stereocenters. The van der Waals surface area contributed by atoms with Crippen molar-refractivity contribution in [1.29, 1.82) is 0 Å². The molecule has 0 aromatic heterocycles. The maximum absolute atomic E-state index is 8.94. The van der Waals surface area contributed by atoms with E-state index < -0.39 is 0 Å². The van der Waals surface area contributed by atoms with Crippen molar-refractivity contribution in [3.8, 4) is 0 Å². The number of aliphatic hydroxyl groups excluding tert-OH is 1. The molecular formula is C17H24N4O. The fourth-order valence-corrected chi connectivity index (χ4v) is 2.20. The van der Waals surface area contributed by atoms with Gasteiger partial charge >= 0.3 is 0 Å². The predicted molar refractivity (Wildman–Crippen MR) is 94.5 cm³/mol. The van der Waals surface area contributed by atoms with Gasteiger partial charge in [-0.15, -0.1) is 0 Å². The highest BCUT2D eigenvalue weighted by molar-refractivity contribution is 5.60. The Hall–Kier alpha value is -2.40. The molecular weight excluding hydrogens is 276 g/mol. The van der Waals surface area contributed by atoms with Gasteiger partial charge in [0.25, 0.3) is 0 Å². The normalized spacial score (nSPS) is 10.3. The van der Waals surface area contributed by atoms with Crippen LogP contribution < -0.4 is 21.3 Å². The molecule has 5 heteroatoms. The summed E-state index contributed by atoms with van der Waals surface area (Å²) in [4.78, 5) is 2.07. The molecule has 0 saturated carbocycles. The van der Waals surface area contributed by atoms with Crippen LogP contribution in [-0.2, 0) is 6.54 Å². The van der Waals surface area contributed by atoms with Crippen LogP contribution in [0.25, 0.3) is 0 Å². The fourth-order valence-electron chi connectivity index (χ4n) is 2.20. The molecule has 2 aromatic carbocycles. The number of nitrogens with zero attached hydrogens (tertiary/aromatic N) is 1. The molecule has 0 amide bonds. The van der Waals surface area contributed by atoms with Crippen LogP contribution in [0.4, 0.5) is 22.7 Å².